The highest BCUT2D eigenvalue weighted by Crippen LogP contribution is 2.32. The van der Waals surface area contributed by atoms with Crippen molar-refractivity contribution in [2.24, 2.45) is 0 Å². The molecule has 0 unspecified atom stereocenters. The number of hydrogen-bond donors (Lipinski definition) is 1. The molecule has 1 aromatic rings. The second kappa shape index (κ2) is 7.20. The van der Waals surface area contributed by atoms with Crippen molar-refractivity contribution in [3.05, 3.63) is 12.1 Å². The molecule has 2 aliphatic rings. The lowest BCUT2D eigenvalue weighted by Crippen LogP contribution is -2.45. The first kappa shape index (κ1) is 17.4. The Balaban J connectivity index is 1.57. The van der Waals surface area contributed by atoms with Crippen molar-refractivity contribution in [2.75, 3.05) is 41.7 Å². The van der Waals surface area contributed by atoms with Crippen LogP contribution in [0.3, 0.4) is 0 Å². The summed E-state index contributed by atoms with van der Waals surface area (Å²) in [5.41, 5.74) is 0. The molecule has 9 heteroatoms. The van der Waals surface area contributed by atoms with Gasteiger partial charge in [0.1, 0.15) is 0 Å². The third-order valence-corrected chi connectivity index (χ3v) is 5.69. The summed E-state index contributed by atoms with van der Waals surface area (Å²) in [6.45, 7) is 4.82. The van der Waals surface area contributed by atoms with Crippen molar-refractivity contribution in [3.63, 3.8) is 0 Å². The lowest BCUT2D eigenvalue weighted by atomic mass is 10.0. The van der Waals surface area contributed by atoms with Gasteiger partial charge < -0.3 is 14.4 Å². The average molecular weight is 356 g/mol. The molecule has 0 atom stereocenters. The molecule has 3 rings (SSSR count). The van der Waals surface area contributed by atoms with E-state index in [4.69, 9.17) is 9.47 Å². The van der Waals surface area contributed by atoms with Crippen LogP contribution in [0, 0.1) is 0 Å². The second-order valence-corrected chi connectivity index (χ2v) is 7.99. The van der Waals surface area contributed by atoms with Crippen molar-refractivity contribution in [3.8, 4) is 0 Å². The number of piperidine rings is 1. The zero-order valence-corrected chi connectivity index (χ0v) is 14.7. The lowest BCUT2D eigenvalue weighted by molar-refractivity contribution is -0.169. The average Bonchev–Trinajstić information content (AvgIpc) is 3.02. The van der Waals surface area contributed by atoms with Crippen LogP contribution in [0.25, 0.3) is 0 Å². The highest BCUT2D eigenvalue weighted by atomic mass is 32.2. The summed E-state index contributed by atoms with van der Waals surface area (Å²) in [7, 11) is -3.35. The summed E-state index contributed by atoms with van der Waals surface area (Å²) in [6.07, 6.45) is 3.04. The van der Waals surface area contributed by atoms with E-state index in [-0.39, 0.29) is 11.6 Å². The number of sulfonamides is 1. The summed E-state index contributed by atoms with van der Waals surface area (Å²) in [4.78, 5) is 2.11. The van der Waals surface area contributed by atoms with Crippen molar-refractivity contribution in [1.82, 2.24) is 10.2 Å². The molecule has 0 aromatic carbocycles. The van der Waals surface area contributed by atoms with E-state index >= 15 is 0 Å². The summed E-state index contributed by atoms with van der Waals surface area (Å²) in [6, 6.07) is 3.44. The monoisotopic (exact) mass is 356 g/mol. The fourth-order valence-electron chi connectivity index (χ4n) is 2.96. The zero-order chi connectivity index (χ0) is 17.0. The third-order valence-electron chi connectivity index (χ3n) is 4.34. The van der Waals surface area contributed by atoms with Gasteiger partial charge in [0.15, 0.2) is 17.4 Å². The Hall–Kier alpha value is -1.45. The molecule has 0 aliphatic carbocycles. The van der Waals surface area contributed by atoms with Crippen molar-refractivity contribution < 1.29 is 17.9 Å². The fourth-order valence-corrected chi connectivity index (χ4v) is 4.15. The molecule has 1 N–H and O–H groups in total. The molecule has 3 heterocycles. The minimum absolute atomic E-state index is 0.0984. The topological polar surface area (TPSA) is 93.7 Å². The minimum Gasteiger partial charge on any atom is -0.355 e. The Labute approximate surface area is 142 Å². The van der Waals surface area contributed by atoms with Gasteiger partial charge in [-0.1, -0.05) is 13.3 Å². The summed E-state index contributed by atoms with van der Waals surface area (Å²) in [5.74, 6) is 0.671. The molecule has 8 nitrogen and oxygen atoms in total. The summed E-state index contributed by atoms with van der Waals surface area (Å²) in [5, 5.41) is 8.14. The largest absolute Gasteiger partial charge is 0.355 e. The molecule has 24 heavy (non-hydrogen) atoms. The van der Waals surface area contributed by atoms with Crippen LogP contribution >= 0.6 is 0 Å². The number of rotatable bonds is 6. The molecule has 2 fully saturated rings. The van der Waals surface area contributed by atoms with Gasteiger partial charge in [-0.25, -0.2) is 8.42 Å². The van der Waals surface area contributed by atoms with E-state index < -0.39 is 15.8 Å². The van der Waals surface area contributed by atoms with Crippen LogP contribution in [0.4, 0.5) is 11.6 Å². The SMILES string of the molecule is CCCCS(=O)(=O)Nc1ccc(N2CCC3(CC2)OCCO3)nn1. The number of nitrogens with one attached hydrogen (secondary N) is 1. The van der Waals surface area contributed by atoms with Gasteiger partial charge in [-0.15, -0.1) is 10.2 Å². The van der Waals surface area contributed by atoms with Crippen LogP contribution in [0.1, 0.15) is 32.6 Å². The Morgan fingerprint density at radius 2 is 1.92 bits per heavy atom. The second-order valence-electron chi connectivity index (χ2n) is 6.15. The Morgan fingerprint density at radius 3 is 2.50 bits per heavy atom. The van der Waals surface area contributed by atoms with Crippen LogP contribution < -0.4 is 9.62 Å². The van der Waals surface area contributed by atoms with E-state index in [1.807, 2.05) is 6.92 Å². The Morgan fingerprint density at radius 1 is 1.21 bits per heavy atom. The van der Waals surface area contributed by atoms with Gasteiger partial charge in [-0.2, -0.15) is 0 Å². The predicted octanol–water partition coefficient (Wildman–Crippen LogP) is 1.36. The smallest absolute Gasteiger partial charge is 0.233 e. The molecular weight excluding hydrogens is 332 g/mol. The molecule has 2 saturated heterocycles. The molecule has 0 saturated carbocycles. The highest BCUT2D eigenvalue weighted by Gasteiger charge is 2.40. The maximum Gasteiger partial charge on any atom is 0.233 e. The van der Waals surface area contributed by atoms with Crippen LogP contribution in [0.2, 0.25) is 0 Å². The van der Waals surface area contributed by atoms with Crippen LogP contribution in [0.5, 0.6) is 0 Å². The molecule has 1 aromatic heterocycles. The van der Waals surface area contributed by atoms with Gasteiger partial charge in [0.2, 0.25) is 10.0 Å². The van der Waals surface area contributed by atoms with E-state index in [0.717, 1.165) is 38.2 Å². The lowest BCUT2D eigenvalue weighted by Gasteiger charge is -2.37. The highest BCUT2D eigenvalue weighted by molar-refractivity contribution is 7.92. The quantitative estimate of drug-likeness (QED) is 0.822. The Kier molecular flexibility index (Phi) is 5.21. The number of anilines is 2. The first-order valence-electron chi connectivity index (χ1n) is 8.39. The number of hydrogen-bond acceptors (Lipinski definition) is 7. The summed E-state index contributed by atoms with van der Waals surface area (Å²) >= 11 is 0. The van der Waals surface area contributed by atoms with Crippen molar-refractivity contribution >= 4 is 21.7 Å². The van der Waals surface area contributed by atoms with Gasteiger partial charge in [-0.3, -0.25) is 4.72 Å². The van der Waals surface area contributed by atoms with E-state index in [9.17, 15) is 8.42 Å². The standard InChI is InChI=1S/C15H24N4O4S/c1-2-3-12-24(20,21)18-13-4-5-14(17-16-13)19-8-6-15(7-9-19)22-10-11-23-15/h4-5H,2-3,6-12H2,1H3,(H,16,18). The molecule has 134 valence electrons. The number of aromatic nitrogens is 2. The molecule has 0 bridgehead atoms. The normalized spacial score (nSPS) is 20.5. The van der Waals surface area contributed by atoms with Crippen LogP contribution in [-0.2, 0) is 19.5 Å². The molecule has 2 aliphatic heterocycles. The molecule has 1 spiro atoms. The number of nitrogens with zero attached hydrogens (tertiary/aromatic N) is 3. The first-order valence-corrected chi connectivity index (χ1v) is 10.0. The van der Waals surface area contributed by atoms with Gasteiger partial charge in [0.05, 0.1) is 19.0 Å². The van der Waals surface area contributed by atoms with Crippen molar-refractivity contribution in [1.29, 1.82) is 0 Å². The van der Waals surface area contributed by atoms with E-state index in [1.54, 1.807) is 12.1 Å². The van der Waals surface area contributed by atoms with Gasteiger partial charge in [0.25, 0.3) is 0 Å². The number of unbranched alkanes of at least 4 members (excludes halogenated alkanes) is 1. The molecule has 0 radical (unpaired) electrons. The van der Waals surface area contributed by atoms with E-state index in [1.165, 1.54) is 0 Å². The zero-order valence-electron chi connectivity index (χ0n) is 13.9. The van der Waals surface area contributed by atoms with Gasteiger partial charge in [-0.05, 0) is 18.6 Å². The van der Waals surface area contributed by atoms with Gasteiger partial charge in [0, 0.05) is 25.9 Å². The van der Waals surface area contributed by atoms with Crippen LogP contribution in [-0.4, -0.2) is 56.5 Å². The summed E-state index contributed by atoms with van der Waals surface area (Å²) < 4.78 is 37.6. The molecule has 0 amide bonds. The first-order chi connectivity index (χ1) is 11.5. The Bertz CT molecular complexity index is 634. The predicted molar refractivity (Wildman–Crippen MR) is 90.4 cm³/mol. The van der Waals surface area contributed by atoms with Crippen molar-refractivity contribution in [2.45, 2.75) is 38.4 Å². The minimum atomic E-state index is -3.35. The van der Waals surface area contributed by atoms with Crippen LogP contribution in [0.15, 0.2) is 12.1 Å². The van der Waals surface area contributed by atoms with E-state index in [2.05, 4.69) is 19.8 Å². The third kappa shape index (κ3) is 4.14. The maximum atomic E-state index is 11.9. The fraction of sp³-hybridized carbons (Fsp3) is 0.733. The maximum absolute atomic E-state index is 11.9. The van der Waals surface area contributed by atoms with E-state index in [0.29, 0.717) is 19.6 Å². The van der Waals surface area contributed by atoms with Gasteiger partial charge >= 0.3 is 0 Å². The molecular formula is C15H24N4O4S. The number of ether oxygens (including phenoxy) is 2.